The van der Waals surface area contributed by atoms with Crippen LogP contribution >= 0.6 is 12.6 Å². The summed E-state index contributed by atoms with van der Waals surface area (Å²) < 4.78 is 0. The summed E-state index contributed by atoms with van der Waals surface area (Å²) in [5.41, 5.74) is 0. The molecule has 0 aliphatic carbocycles. The summed E-state index contributed by atoms with van der Waals surface area (Å²) in [5.74, 6) is 0.218. The fourth-order valence-corrected chi connectivity index (χ4v) is 1.92. The van der Waals surface area contributed by atoms with E-state index in [1.807, 2.05) is 0 Å². The van der Waals surface area contributed by atoms with Crippen LogP contribution < -0.4 is 0 Å². The van der Waals surface area contributed by atoms with E-state index in [4.69, 9.17) is 0 Å². The third-order valence-electron chi connectivity index (χ3n) is 2.66. The summed E-state index contributed by atoms with van der Waals surface area (Å²) >= 11 is 3.95. The summed E-state index contributed by atoms with van der Waals surface area (Å²) in [7, 11) is 0. The van der Waals surface area contributed by atoms with Crippen LogP contribution in [-0.4, -0.2) is 5.12 Å². The van der Waals surface area contributed by atoms with Crippen LogP contribution in [-0.2, 0) is 4.79 Å². The Balaban J connectivity index is 3.57. The lowest BCUT2D eigenvalue weighted by atomic mass is 9.96. The molecule has 0 aromatic rings. The molecule has 0 saturated heterocycles. The molecular formula is C12H24OS. The Morgan fingerprint density at radius 1 is 1.00 bits per heavy atom. The molecule has 0 aliphatic rings. The minimum atomic E-state index is 0.0925. The zero-order chi connectivity index (χ0) is 10.8. The molecule has 1 nitrogen and oxygen atoms in total. The molecular weight excluding hydrogens is 192 g/mol. The summed E-state index contributed by atoms with van der Waals surface area (Å²) in [5, 5.41) is 0.0925. The third-order valence-corrected chi connectivity index (χ3v) is 3.03. The van der Waals surface area contributed by atoms with E-state index in [0.717, 1.165) is 19.3 Å². The van der Waals surface area contributed by atoms with Gasteiger partial charge in [0.2, 0.25) is 0 Å². The average Bonchev–Trinajstić information content (AvgIpc) is 2.16. The van der Waals surface area contributed by atoms with Gasteiger partial charge in [-0.3, -0.25) is 4.79 Å². The molecule has 0 bridgehead atoms. The van der Waals surface area contributed by atoms with Gasteiger partial charge in [-0.15, -0.1) is 12.6 Å². The predicted molar refractivity (Wildman–Crippen MR) is 65.8 cm³/mol. The van der Waals surface area contributed by atoms with Gasteiger partial charge in [0.1, 0.15) is 0 Å². The zero-order valence-electron chi connectivity index (χ0n) is 9.59. The zero-order valence-corrected chi connectivity index (χ0v) is 10.5. The monoisotopic (exact) mass is 216 g/mol. The van der Waals surface area contributed by atoms with Crippen molar-refractivity contribution in [3.8, 4) is 0 Å². The van der Waals surface area contributed by atoms with Crippen molar-refractivity contribution >= 4 is 17.7 Å². The first kappa shape index (κ1) is 14.0. The van der Waals surface area contributed by atoms with Crippen LogP contribution in [0.3, 0.4) is 0 Å². The number of hydrogen-bond acceptors (Lipinski definition) is 1. The molecule has 0 radical (unpaired) electrons. The van der Waals surface area contributed by atoms with Crippen molar-refractivity contribution in [3.63, 3.8) is 0 Å². The average molecular weight is 216 g/mol. The highest BCUT2D eigenvalue weighted by Crippen LogP contribution is 2.19. The Morgan fingerprint density at radius 2 is 1.57 bits per heavy atom. The molecule has 0 heterocycles. The van der Waals surface area contributed by atoms with E-state index in [-0.39, 0.29) is 11.0 Å². The van der Waals surface area contributed by atoms with Crippen molar-refractivity contribution in [1.29, 1.82) is 0 Å². The molecule has 0 spiro atoms. The molecule has 0 rings (SSSR count). The van der Waals surface area contributed by atoms with Gasteiger partial charge in [0.15, 0.2) is 5.12 Å². The molecule has 1 unspecified atom stereocenters. The number of carbonyl (C=O) groups is 1. The van der Waals surface area contributed by atoms with E-state index < -0.39 is 0 Å². The SMILES string of the molecule is CCCCCCC(CCCC)C(=O)S. The number of thiol groups is 1. The largest absolute Gasteiger partial charge is 0.287 e. The molecule has 0 aliphatic heterocycles. The fraction of sp³-hybridized carbons (Fsp3) is 0.917. The smallest absolute Gasteiger partial charge is 0.188 e. The molecule has 2 heteroatoms. The molecule has 0 aromatic carbocycles. The molecule has 0 amide bonds. The van der Waals surface area contributed by atoms with Gasteiger partial charge >= 0.3 is 0 Å². The Bertz CT molecular complexity index is 145. The molecule has 0 N–H and O–H groups in total. The molecule has 0 fully saturated rings. The highest BCUT2D eigenvalue weighted by atomic mass is 32.1. The van der Waals surface area contributed by atoms with Crippen molar-refractivity contribution in [1.82, 2.24) is 0 Å². The van der Waals surface area contributed by atoms with Crippen molar-refractivity contribution in [2.45, 2.75) is 65.2 Å². The normalized spacial score (nSPS) is 12.8. The second kappa shape index (κ2) is 9.57. The van der Waals surface area contributed by atoms with Crippen LogP contribution in [0.5, 0.6) is 0 Å². The van der Waals surface area contributed by atoms with Gasteiger partial charge in [0.05, 0.1) is 0 Å². The fourth-order valence-electron chi connectivity index (χ4n) is 1.66. The summed E-state index contributed by atoms with van der Waals surface area (Å²) in [6.45, 7) is 4.37. The predicted octanol–water partition coefficient (Wildman–Crippen LogP) is 4.22. The van der Waals surface area contributed by atoms with Crippen LogP contribution in [0.4, 0.5) is 0 Å². The van der Waals surface area contributed by atoms with E-state index in [1.165, 1.54) is 32.1 Å². The minimum absolute atomic E-state index is 0.0925. The Labute approximate surface area is 94.1 Å². The molecule has 84 valence electrons. The van der Waals surface area contributed by atoms with Crippen LogP contribution in [0.1, 0.15) is 65.2 Å². The number of unbranched alkanes of at least 4 members (excludes halogenated alkanes) is 4. The highest BCUT2D eigenvalue weighted by molar-refractivity contribution is 7.96. The maximum Gasteiger partial charge on any atom is 0.188 e. The maximum atomic E-state index is 11.2. The number of rotatable bonds is 9. The first-order chi connectivity index (χ1) is 6.72. The summed E-state index contributed by atoms with van der Waals surface area (Å²) in [4.78, 5) is 11.2. The highest BCUT2D eigenvalue weighted by Gasteiger charge is 2.13. The Hall–Kier alpha value is 0.0200. The van der Waals surface area contributed by atoms with Gasteiger partial charge in [-0.2, -0.15) is 0 Å². The summed E-state index contributed by atoms with van der Waals surface area (Å²) in [6.07, 6.45) is 9.41. The lowest BCUT2D eigenvalue weighted by Gasteiger charge is -2.11. The van der Waals surface area contributed by atoms with E-state index >= 15 is 0 Å². The van der Waals surface area contributed by atoms with E-state index in [1.54, 1.807) is 0 Å². The lowest BCUT2D eigenvalue weighted by Crippen LogP contribution is -2.08. The lowest BCUT2D eigenvalue weighted by molar-refractivity contribution is -0.114. The van der Waals surface area contributed by atoms with Gasteiger partial charge in [-0.25, -0.2) is 0 Å². The van der Waals surface area contributed by atoms with Gasteiger partial charge in [-0.1, -0.05) is 52.4 Å². The summed E-state index contributed by atoms with van der Waals surface area (Å²) in [6, 6.07) is 0. The van der Waals surface area contributed by atoms with Crippen LogP contribution in [0.2, 0.25) is 0 Å². The first-order valence-electron chi connectivity index (χ1n) is 5.95. The molecule has 0 saturated carbocycles. The van der Waals surface area contributed by atoms with Gasteiger partial charge in [-0.05, 0) is 12.8 Å². The molecule has 14 heavy (non-hydrogen) atoms. The van der Waals surface area contributed by atoms with Crippen molar-refractivity contribution in [3.05, 3.63) is 0 Å². The Morgan fingerprint density at radius 3 is 2.07 bits per heavy atom. The van der Waals surface area contributed by atoms with E-state index in [2.05, 4.69) is 26.5 Å². The van der Waals surface area contributed by atoms with Crippen LogP contribution in [0, 0.1) is 5.92 Å². The van der Waals surface area contributed by atoms with Gasteiger partial charge in [0.25, 0.3) is 0 Å². The minimum Gasteiger partial charge on any atom is -0.287 e. The van der Waals surface area contributed by atoms with E-state index in [9.17, 15) is 4.79 Å². The second-order valence-electron chi connectivity index (χ2n) is 4.03. The molecule has 1 atom stereocenters. The number of carbonyl (C=O) groups excluding carboxylic acids is 1. The van der Waals surface area contributed by atoms with Crippen LogP contribution in [0.15, 0.2) is 0 Å². The van der Waals surface area contributed by atoms with Gasteiger partial charge < -0.3 is 0 Å². The third kappa shape index (κ3) is 7.43. The van der Waals surface area contributed by atoms with Crippen molar-refractivity contribution < 1.29 is 4.79 Å². The Kier molecular flexibility index (Phi) is 9.58. The topological polar surface area (TPSA) is 17.1 Å². The quantitative estimate of drug-likeness (QED) is 0.451. The van der Waals surface area contributed by atoms with E-state index in [0.29, 0.717) is 0 Å². The second-order valence-corrected chi connectivity index (χ2v) is 4.47. The van der Waals surface area contributed by atoms with Gasteiger partial charge in [0, 0.05) is 5.92 Å². The molecule has 0 aromatic heterocycles. The van der Waals surface area contributed by atoms with Crippen molar-refractivity contribution in [2.75, 3.05) is 0 Å². The van der Waals surface area contributed by atoms with Crippen molar-refractivity contribution in [2.24, 2.45) is 5.92 Å². The maximum absolute atomic E-state index is 11.2. The van der Waals surface area contributed by atoms with Crippen LogP contribution in [0.25, 0.3) is 0 Å². The first-order valence-corrected chi connectivity index (χ1v) is 6.39. The standard InChI is InChI=1S/C12H24OS/c1-3-5-7-8-10-11(12(13)14)9-6-4-2/h11H,3-10H2,1-2H3,(H,13,14). The number of hydrogen-bond donors (Lipinski definition) is 1.